The summed E-state index contributed by atoms with van der Waals surface area (Å²) in [7, 11) is -12.9. The first-order valence-corrected chi connectivity index (χ1v) is 27.8. The SMILES string of the molecule is CCC1(CC)C(/C=C/C=C(/C=C/C=C2/N(CCCS(=O)(=O)O)c3ccc4cccc(C)c4c3C2(CC)CC)Oc2ccc(S(=O)(=O)O)cc2)=[N+](CCCS(=O)(=O)O)c2ccc3cc(C)ccc3c21. The molecule has 0 unspecified atom stereocenters. The van der Waals surface area contributed by atoms with Crippen molar-refractivity contribution in [1.82, 2.24) is 0 Å². The molecule has 0 amide bonds. The fourth-order valence-corrected chi connectivity index (χ4v) is 12.1. The molecule has 0 spiro atoms. The molecule has 5 aromatic carbocycles. The molecule has 0 radical (unpaired) electrons. The van der Waals surface area contributed by atoms with Crippen molar-refractivity contribution in [3.05, 3.63) is 155 Å². The lowest BCUT2D eigenvalue weighted by Crippen LogP contribution is -2.33. The Morgan fingerprint density at radius 3 is 2.03 bits per heavy atom. The number of hydrogen-bond donors (Lipinski definition) is 3. The van der Waals surface area contributed by atoms with Crippen LogP contribution in [0.15, 0.2) is 138 Å². The van der Waals surface area contributed by atoms with E-state index in [9.17, 15) is 38.9 Å². The average Bonchev–Trinajstić information content (AvgIpc) is 3.71. The molecule has 0 aromatic heterocycles. The smallest absolute Gasteiger partial charge is 0.294 e. The van der Waals surface area contributed by atoms with Gasteiger partial charge in [-0.05, 0) is 133 Å². The van der Waals surface area contributed by atoms with E-state index >= 15 is 0 Å². The van der Waals surface area contributed by atoms with Crippen molar-refractivity contribution < 1.29 is 48.2 Å². The minimum atomic E-state index is -4.46. The third-order valence-corrected chi connectivity index (χ3v) is 16.3. The van der Waals surface area contributed by atoms with Crippen LogP contribution in [0.25, 0.3) is 21.5 Å². The largest absolute Gasteiger partial charge is 0.457 e. The third kappa shape index (κ3) is 10.1. The van der Waals surface area contributed by atoms with Crippen molar-refractivity contribution in [2.75, 3.05) is 29.5 Å². The van der Waals surface area contributed by atoms with E-state index in [1.807, 2.05) is 30.4 Å². The number of aryl methyl sites for hydroxylation is 2. The highest BCUT2D eigenvalue weighted by atomic mass is 32.2. The van der Waals surface area contributed by atoms with E-state index in [-0.39, 0.29) is 17.7 Å². The summed E-state index contributed by atoms with van der Waals surface area (Å²) in [6.07, 6.45) is 14.8. The fraction of sp³-hybridized carbons (Fsp3) is 0.340. The maximum Gasteiger partial charge on any atom is 0.294 e. The molecular formula is C53H61N2O10S3+. The van der Waals surface area contributed by atoms with E-state index in [2.05, 4.69) is 106 Å². The Labute approximate surface area is 401 Å². The molecule has 7 rings (SSSR count). The Kier molecular flexibility index (Phi) is 14.8. The minimum absolute atomic E-state index is 0.190. The number of hydrogen-bond acceptors (Lipinski definition) is 8. The highest BCUT2D eigenvalue weighted by Gasteiger charge is 2.50. The zero-order valence-corrected chi connectivity index (χ0v) is 41.9. The van der Waals surface area contributed by atoms with Crippen LogP contribution >= 0.6 is 0 Å². The Morgan fingerprint density at radius 2 is 1.38 bits per heavy atom. The van der Waals surface area contributed by atoms with Gasteiger partial charge in [0.15, 0.2) is 5.71 Å². The van der Waals surface area contributed by atoms with Gasteiger partial charge in [0.2, 0.25) is 5.69 Å². The van der Waals surface area contributed by atoms with Crippen LogP contribution in [0.3, 0.4) is 0 Å². The van der Waals surface area contributed by atoms with Crippen molar-refractivity contribution >= 4 is 69.0 Å². The van der Waals surface area contributed by atoms with E-state index in [1.54, 1.807) is 12.2 Å². The summed E-state index contributed by atoms with van der Waals surface area (Å²) in [5.41, 5.74) is 7.56. The summed E-state index contributed by atoms with van der Waals surface area (Å²) in [4.78, 5) is 1.88. The second kappa shape index (κ2) is 19.9. The second-order valence-corrected chi connectivity index (χ2v) is 22.3. The summed E-state index contributed by atoms with van der Waals surface area (Å²) in [5, 5.41) is 4.48. The summed E-state index contributed by atoms with van der Waals surface area (Å²) in [6.45, 7) is 13.4. The van der Waals surface area contributed by atoms with E-state index in [4.69, 9.17) is 4.74 Å². The van der Waals surface area contributed by atoms with Crippen LogP contribution in [-0.4, -0.2) is 73.8 Å². The van der Waals surface area contributed by atoms with Gasteiger partial charge >= 0.3 is 0 Å². The van der Waals surface area contributed by atoms with Gasteiger partial charge in [-0.3, -0.25) is 13.7 Å². The van der Waals surface area contributed by atoms with Crippen LogP contribution in [0.4, 0.5) is 11.4 Å². The van der Waals surface area contributed by atoms with Crippen LogP contribution in [0, 0.1) is 13.8 Å². The van der Waals surface area contributed by atoms with Gasteiger partial charge in [0.1, 0.15) is 18.1 Å². The van der Waals surface area contributed by atoms with Gasteiger partial charge in [0.05, 0.1) is 21.8 Å². The second-order valence-electron chi connectivity index (χ2n) is 17.8. The van der Waals surface area contributed by atoms with Crippen molar-refractivity contribution in [3.63, 3.8) is 0 Å². The molecule has 15 heteroatoms. The first kappa shape index (κ1) is 50.5. The van der Waals surface area contributed by atoms with Gasteiger partial charge in [0, 0.05) is 47.5 Å². The molecule has 2 aliphatic rings. The van der Waals surface area contributed by atoms with Gasteiger partial charge in [-0.25, -0.2) is 0 Å². The zero-order valence-electron chi connectivity index (χ0n) is 39.4. The first-order valence-electron chi connectivity index (χ1n) is 23.1. The molecule has 0 aliphatic carbocycles. The van der Waals surface area contributed by atoms with Crippen LogP contribution < -0.4 is 9.64 Å². The summed E-state index contributed by atoms with van der Waals surface area (Å²) >= 11 is 0. The van der Waals surface area contributed by atoms with Gasteiger partial charge in [-0.1, -0.05) is 87.9 Å². The summed E-state index contributed by atoms with van der Waals surface area (Å²) in [6, 6.07) is 26.4. The number of fused-ring (bicyclic) bond motifs is 6. The van der Waals surface area contributed by atoms with Crippen LogP contribution in [0.2, 0.25) is 0 Å². The quantitative estimate of drug-likeness (QED) is 0.0310. The average molecular weight is 982 g/mol. The molecule has 0 bridgehead atoms. The number of rotatable bonds is 19. The highest BCUT2D eigenvalue weighted by Crippen LogP contribution is 2.55. The number of ether oxygens (including phenoxy) is 1. The van der Waals surface area contributed by atoms with Crippen LogP contribution in [-0.2, 0) is 41.2 Å². The normalized spacial score (nSPS) is 16.8. The van der Waals surface area contributed by atoms with Gasteiger partial charge < -0.3 is 9.64 Å². The van der Waals surface area contributed by atoms with Gasteiger partial charge in [0.25, 0.3) is 30.4 Å². The zero-order chi connectivity index (χ0) is 49.2. The molecule has 68 heavy (non-hydrogen) atoms. The highest BCUT2D eigenvalue weighted by molar-refractivity contribution is 7.86. The molecule has 5 aromatic rings. The van der Waals surface area contributed by atoms with E-state index in [0.717, 1.165) is 86.7 Å². The molecule has 360 valence electrons. The molecular weight excluding hydrogens is 921 g/mol. The molecule has 0 fully saturated rings. The molecule has 0 saturated carbocycles. The Balaban J connectivity index is 1.37. The Morgan fingerprint density at radius 1 is 0.721 bits per heavy atom. The molecule has 2 heterocycles. The maximum atomic E-state index is 11.9. The van der Waals surface area contributed by atoms with E-state index in [0.29, 0.717) is 24.6 Å². The van der Waals surface area contributed by atoms with Crippen molar-refractivity contribution in [2.24, 2.45) is 0 Å². The van der Waals surface area contributed by atoms with Gasteiger partial charge in [-0.15, -0.1) is 0 Å². The van der Waals surface area contributed by atoms with E-state index < -0.39 is 52.7 Å². The lowest BCUT2D eigenvalue weighted by Gasteiger charge is -2.32. The molecule has 2 aliphatic heterocycles. The summed E-state index contributed by atoms with van der Waals surface area (Å²) in [5.74, 6) is -0.101. The van der Waals surface area contributed by atoms with Crippen molar-refractivity contribution in [3.8, 4) is 5.75 Å². The monoisotopic (exact) mass is 981 g/mol. The Bertz CT molecular complexity index is 3250. The maximum absolute atomic E-state index is 11.9. The molecule has 3 N–H and O–H groups in total. The minimum Gasteiger partial charge on any atom is -0.457 e. The lowest BCUT2D eigenvalue weighted by molar-refractivity contribution is -0.437. The van der Waals surface area contributed by atoms with E-state index in [1.165, 1.54) is 29.8 Å². The Hall–Kier alpha value is -5.42. The molecule has 0 atom stereocenters. The molecule has 0 saturated heterocycles. The number of nitrogens with zero attached hydrogens (tertiary/aromatic N) is 2. The predicted molar refractivity (Wildman–Crippen MR) is 272 cm³/mol. The van der Waals surface area contributed by atoms with Crippen LogP contribution in [0.5, 0.6) is 5.75 Å². The standard InChI is InChI=1S/C53H60N2O10S3/c1-7-52(8-2)47(54(32-14-34-66(56,57)58)45-31-24-40-36-37(5)22-29-44(40)50(45)52)20-12-18-41(65-42-25-27-43(28-26-42)68(62,63)64)19-13-21-48-53(9-3,10-4)51-46(55(48)33-15-35-67(59,60)61)30-23-39-17-11-16-38(6)49(39)51/h11-13,16-31,36H,7-10,14-15,32-35H2,1-6H3,(H2-,56,57,58,59,60,61,62,63,64)/p+1. The number of benzene rings is 5. The first-order chi connectivity index (χ1) is 32.2. The number of allylic oxidation sites excluding steroid dienone is 7. The number of anilines is 1. The van der Waals surface area contributed by atoms with Crippen molar-refractivity contribution in [1.29, 1.82) is 0 Å². The fourth-order valence-electron chi connectivity index (χ4n) is 10.6. The topological polar surface area (TPSA) is 179 Å². The van der Waals surface area contributed by atoms with Gasteiger partial charge in [-0.2, -0.15) is 29.8 Å². The van der Waals surface area contributed by atoms with Crippen LogP contribution in [0.1, 0.15) is 88.5 Å². The lowest BCUT2D eigenvalue weighted by atomic mass is 9.71. The predicted octanol–water partition coefficient (Wildman–Crippen LogP) is 11.1. The van der Waals surface area contributed by atoms with Crippen molar-refractivity contribution in [2.45, 2.75) is 95.8 Å². The summed E-state index contributed by atoms with van der Waals surface area (Å²) < 4.78 is 109. The third-order valence-electron chi connectivity index (χ3n) is 13.9. The molecule has 12 nitrogen and oxygen atoms in total.